The molecule has 2 aromatic carbocycles. The third-order valence-electron chi connectivity index (χ3n) is 5.68. The number of H-pyrrole nitrogens is 1. The summed E-state index contributed by atoms with van der Waals surface area (Å²) >= 11 is 12.5. The number of nitrogens with zero attached hydrogens (tertiary/aromatic N) is 2. The molecule has 4 N–H and O–H groups in total. The van der Waals surface area contributed by atoms with Gasteiger partial charge in [-0.3, -0.25) is 0 Å². The number of aromatic nitrogens is 3. The van der Waals surface area contributed by atoms with Gasteiger partial charge in [-0.25, -0.2) is 4.68 Å². The van der Waals surface area contributed by atoms with Crippen LogP contribution in [0.25, 0.3) is 28.7 Å². The van der Waals surface area contributed by atoms with E-state index in [-0.39, 0.29) is 17.9 Å². The Bertz CT molecular complexity index is 1230. The van der Waals surface area contributed by atoms with Crippen LogP contribution in [0.1, 0.15) is 35.7 Å². The van der Waals surface area contributed by atoms with Gasteiger partial charge in [0.1, 0.15) is 0 Å². The Morgan fingerprint density at radius 2 is 1.75 bits per heavy atom. The molecule has 1 aliphatic rings. The first-order valence-electron chi connectivity index (χ1n) is 10.2. The lowest BCUT2D eigenvalue weighted by molar-refractivity contribution is 0.451. The fourth-order valence-corrected chi connectivity index (χ4v) is 4.45. The van der Waals surface area contributed by atoms with Crippen LogP contribution in [0.2, 0.25) is 10.0 Å². The largest absolute Gasteiger partial charge is 0.412 e. The van der Waals surface area contributed by atoms with Crippen LogP contribution in [-0.4, -0.2) is 33.3 Å². The Kier molecular flexibility index (Phi) is 8.04. The maximum absolute atomic E-state index is 6.26. The molecule has 4 aromatic rings. The van der Waals surface area contributed by atoms with E-state index >= 15 is 0 Å². The third-order valence-corrected chi connectivity index (χ3v) is 6.15. The summed E-state index contributed by atoms with van der Waals surface area (Å²) in [6.45, 7) is 2.08. The van der Waals surface area contributed by atoms with E-state index in [0.717, 1.165) is 64.5 Å². The van der Waals surface area contributed by atoms with E-state index in [2.05, 4.69) is 28.5 Å². The van der Waals surface area contributed by atoms with Gasteiger partial charge in [0.05, 0.1) is 17.1 Å². The zero-order valence-electron chi connectivity index (χ0n) is 17.3. The molecule has 0 spiro atoms. The normalized spacial score (nSPS) is 14.4. The van der Waals surface area contributed by atoms with E-state index in [1.807, 2.05) is 53.3 Å². The van der Waals surface area contributed by atoms with Gasteiger partial charge in [-0.15, -0.1) is 12.4 Å². The van der Waals surface area contributed by atoms with Crippen LogP contribution >= 0.6 is 35.6 Å². The molecule has 0 aliphatic carbocycles. The maximum Gasteiger partial charge on any atom is 0.0671 e. The van der Waals surface area contributed by atoms with E-state index in [1.54, 1.807) is 0 Å². The summed E-state index contributed by atoms with van der Waals surface area (Å²) in [7, 11) is 0. The molecule has 1 aliphatic heterocycles. The van der Waals surface area contributed by atoms with Gasteiger partial charge in [0.2, 0.25) is 0 Å². The Morgan fingerprint density at radius 3 is 2.53 bits per heavy atom. The van der Waals surface area contributed by atoms with Gasteiger partial charge in [-0.05, 0) is 80.0 Å². The second-order valence-electron chi connectivity index (χ2n) is 7.68. The Morgan fingerprint density at radius 1 is 0.969 bits per heavy atom. The first kappa shape index (κ1) is 24.4. The van der Waals surface area contributed by atoms with Gasteiger partial charge in [-0.1, -0.05) is 35.3 Å². The third kappa shape index (κ3) is 5.03. The summed E-state index contributed by atoms with van der Waals surface area (Å²) < 4.78 is 1.99. The molecule has 0 bridgehead atoms. The smallest absolute Gasteiger partial charge is 0.0671 e. The molecule has 0 unspecified atom stereocenters. The van der Waals surface area contributed by atoms with Crippen LogP contribution in [0.3, 0.4) is 0 Å². The average Bonchev–Trinajstić information content (AvgIpc) is 3.37. The zero-order chi connectivity index (χ0) is 20.5. The number of halogens is 3. The van der Waals surface area contributed by atoms with Crippen molar-refractivity contribution in [3.63, 3.8) is 0 Å². The highest BCUT2D eigenvalue weighted by Gasteiger charge is 2.20. The van der Waals surface area contributed by atoms with Crippen LogP contribution < -0.4 is 5.32 Å². The van der Waals surface area contributed by atoms with Gasteiger partial charge >= 0.3 is 0 Å². The molecule has 5 nitrogen and oxygen atoms in total. The molecule has 168 valence electrons. The number of benzene rings is 2. The van der Waals surface area contributed by atoms with Crippen molar-refractivity contribution in [3.05, 3.63) is 81.7 Å². The van der Waals surface area contributed by atoms with Gasteiger partial charge < -0.3 is 15.8 Å². The van der Waals surface area contributed by atoms with Crippen LogP contribution in [0.15, 0.2) is 54.7 Å². The van der Waals surface area contributed by atoms with Crippen LogP contribution in [0.5, 0.6) is 0 Å². The molecule has 32 heavy (non-hydrogen) atoms. The number of rotatable bonds is 4. The lowest BCUT2D eigenvalue weighted by Crippen LogP contribution is -2.26. The van der Waals surface area contributed by atoms with Crippen molar-refractivity contribution in [2.75, 3.05) is 13.1 Å². The predicted octanol–water partition coefficient (Wildman–Crippen LogP) is 5.89. The van der Waals surface area contributed by atoms with E-state index in [9.17, 15) is 0 Å². The lowest BCUT2D eigenvalue weighted by atomic mass is 9.94. The summed E-state index contributed by atoms with van der Waals surface area (Å²) in [6, 6.07) is 15.9. The standard InChI is InChI=1S/C24H22Cl2N4.ClH.H2O/c25-18-2-1-3-20(12-18)30-21(14-24(29-30)16-8-10-27-11-9-16)6-4-17-15-28-23-7-5-19(26)13-22(17)23;;/h1-7,12-16,27-28H,8-11H2;1H;1H2/b6-4+;;. The topological polar surface area (TPSA) is 77.1 Å². The molecular formula is C24H25Cl3N4O. The number of fused-ring (bicyclic) bond motifs is 1. The summed E-state index contributed by atoms with van der Waals surface area (Å²) in [6.07, 6.45) is 8.44. The van der Waals surface area contributed by atoms with E-state index in [0.29, 0.717) is 10.9 Å². The molecule has 2 aromatic heterocycles. The van der Waals surface area contributed by atoms with Crippen molar-refractivity contribution in [3.8, 4) is 5.69 Å². The molecular weight excluding hydrogens is 467 g/mol. The fourth-order valence-electron chi connectivity index (χ4n) is 4.09. The Hall–Kier alpha value is -2.28. The van der Waals surface area contributed by atoms with Crippen molar-refractivity contribution in [2.24, 2.45) is 0 Å². The van der Waals surface area contributed by atoms with Crippen molar-refractivity contribution in [1.82, 2.24) is 20.1 Å². The molecule has 0 saturated carbocycles. The minimum Gasteiger partial charge on any atom is -0.412 e. The maximum atomic E-state index is 6.26. The van der Waals surface area contributed by atoms with Crippen molar-refractivity contribution < 1.29 is 5.48 Å². The number of piperidine rings is 1. The molecule has 5 rings (SSSR count). The number of nitrogens with one attached hydrogen (secondary N) is 2. The molecule has 8 heteroatoms. The second kappa shape index (κ2) is 10.6. The Labute approximate surface area is 203 Å². The minimum atomic E-state index is 0. The van der Waals surface area contributed by atoms with Crippen molar-refractivity contribution in [1.29, 1.82) is 0 Å². The van der Waals surface area contributed by atoms with Gasteiger partial charge in [-0.2, -0.15) is 5.10 Å². The first-order chi connectivity index (χ1) is 14.7. The monoisotopic (exact) mass is 490 g/mol. The van der Waals surface area contributed by atoms with Crippen LogP contribution in [0.4, 0.5) is 0 Å². The summed E-state index contributed by atoms with van der Waals surface area (Å²) in [5, 5.41) is 10.9. The van der Waals surface area contributed by atoms with E-state index in [4.69, 9.17) is 28.3 Å². The summed E-state index contributed by atoms with van der Waals surface area (Å²) in [4.78, 5) is 3.31. The second-order valence-corrected chi connectivity index (χ2v) is 8.55. The number of aromatic amines is 1. The van der Waals surface area contributed by atoms with Gasteiger partial charge in [0.15, 0.2) is 0 Å². The highest BCUT2D eigenvalue weighted by molar-refractivity contribution is 6.31. The molecule has 0 amide bonds. The average molecular weight is 492 g/mol. The molecule has 3 heterocycles. The van der Waals surface area contributed by atoms with Crippen molar-refractivity contribution in [2.45, 2.75) is 18.8 Å². The van der Waals surface area contributed by atoms with Gasteiger partial charge in [0, 0.05) is 33.1 Å². The highest BCUT2D eigenvalue weighted by atomic mass is 35.5. The SMILES string of the molecule is Cl.Clc1cccc(-n2nc(C3CCNCC3)cc2/C=C/c2c[nH]c3ccc(Cl)cc23)c1.O. The zero-order valence-corrected chi connectivity index (χ0v) is 19.6. The summed E-state index contributed by atoms with van der Waals surface area (Å²) in [5.74, 6) is 0.478. The lowest BCUT2D eigenvalue weighted by Gasteiger charge is -2.20. The van der Waals surface area contributed by atoms with E-state index in [1.165, 1.54) is 0 Å². The highest BCUT2D eigenvalue weighted by Crippen LogP contribution is 2.28. The molecule has 1 fully saturated rings. The molecule has 0 atom stereocenters. The van der Waals surface area contributed by atoms with Crippen LogP contribution in [0, 0.1) is 0 Å². The molecule has 1 saturated heterocycles. The van der Waals surface area contributed by atoms with Gasteiger partial charge in [0.25, 0.3) is 0 Å². The number of hydrogen-bond donors (Lipinski definition) is 2. The van der Waals surface area contributed by atoms with Crippen LogP contribution in [-0.2, 0) is 0 Å². The Balaban J connectivity index is 0.00000144. The molecule has 0 radical (unpaired) electrons. The summed E-state index contributed by atoms with van der Waals surface area (Å²) in [5.41, 5.74) is 5.29. The fraction of sp³-hybridized carbons (Fsp3) is 0.208. The minimum absolute atomic E-state index is 0. The first-order valence-corrected chi connectivity index (χ1v) is 10.9. The number of hydrogen-bond acceptors (Lipinski definition) is 2. The quantitative estimate of drug-likeness (QED) is 0.373. The predicted molar refractivity (Wildman–Crippen MR) is 137 cm³/mol. The van der Waals surface area contributed by atoms with E-state index < -0.39 is 0 Å². The van der Waals surface area contributed by atoms with Crippen molar-refractivity contribution >= 4 is 58.7 Å².